The van der Waals surface area contributed by atoms with Gasteiger partial charge in [0.15, 0.2) is 0 Å². The summed E-state index contributed by atoms with van der Waals surface area (Å²) in [4.78, 5) is 25.9. The van der Waals surface area contributed by atoms with E-state index in [0.29, 0.717) is 5.69 Å². The normalized spacial score (nSPS) is 17.4. The molecule has 26 heavy (non-hydrogen) atoms. The van der Waals surface area contributed by atoms with Crippen LogP contribution in [0.25, 0.3) is 11.3 Å². The van der Waals surface area contributed by atoms with Crippen LogP contribution < -0.4 is 16.8 Å². The Labute approximate surface area is 153 Å². The lowest BCUT2D eigenvalue weighted by Gasteiger charge is -2.42. The maximum Gasteiger partial charge on any atom is 0.317 e. The minimum Gasteiger partial charge on any atom is -0.365 e. The summed E-state index contributed by atoms with van der Waals surface area (Å²) >= 11 is 0. The van der Waals surface area contributed by atoms with Gasteiger partial charge in [-0.1, -0.05) is 39.8 Å². The monoisotopic (exact) mass is 354 g/mol. The summed E-state index contributed by atoms with van der Waals surface area (Å²) in [5.74, 6) is -0.409. The Morgan fingerprint density at radius 3 is 2.19 bits per heavy atom. The molecule has 1 aliphatic rings. The lowest BCUT2D eigenvalue weighted by molar-refractivity contribution is 0.100. The minimum absolute atomic E-state index is 0.0777. The number of benzene rings is 1. The van der Waals surface area contributed by atoms with Gasteiger partial charge in [-0.2, -0.15) is 0 Å². The van der Waals surface area contributed by atoms with Crippen molar-refractivity contribution in [2.45, 2.75) is 51.4 Å². The zero-order valence-corrected chi connectivity index (χ0v) is 15.7. The lowest BCUT2D eigenvalue weighted by Crippen LogP contribution is -2.33. The van der Waals surface area contributed by atoms with Crippen LogP contribution in [0.4, 0.5) is 10.6 Å². The van der Waals surface area contributed by atoms with E-state index in [1.54, 1.807) is 6.07 Å². The smallest absolute Gasteiger partial charge is 0.317 e. The topological polar surface area (TPSA) is 114 Å². The molecule has 0 fully saturated rings. The molecule has 1 aromatic carbocycles. The molecule has 0 saturated carbocycles. The Balaban J connectivity index is 2.12. The number of carbonyl (C=O) groups excluding carboxylic acids is 2. The summed E-state index contributed by atoms with van der Waals surface area (Å²) in [5, 5.41) is 2.42. The van der Waals surface area contributed by atoms with E-state index in [-0.39, 0.29) is 22.2 Å². The lowest BCUT2D eigenvalue weighted by atomic mass is 9.63. The highest BCUT2D eigenvalue weighted by Gasteiger charge is 2.37. The van der Waals surface area contributed by atoms with Crippen molar-refractivity contribution in [3.63, 3.8) is 0 Å². The highest BCUT2D eigenvalue weighted by molar-refractivity contribution is 6.03. The van der Waals surface area contributed by atoms with Crippen LogP contribution in [0.3, 0.4) is 0 Å². The fourth-order valence-corrected chi connectivity index (χ4v) is 3.78. The van der Waals surface area contributed by atoms with E-state index in [9.17, 15) is 9.59 Å². The van der Waals surface area contributed by atoms with E-state index in [4.69, 9.17) is 11.5 Å². The fraction of sp³-hybridized carbons (Fsp3) is 0.400. The van der Waals surface area contributed by atoms with Crippen molar-refractivity contribution in [2.75, 3.05) is 5.32 Å². The molecular weight excluding hydrogens is 328 g/mol. The number of rotatable bonds is 3. The van der Waals surface area contributed by atoms with E-state index in [0.717, 1.165) is 18.4 Å². The Kier molecular flexibility index (Phi) is 4.09. The summed E-state index contributed by atoms with van der Waals surface area (Å²) in [6.07, 6.45) is 2.26. The molecule has 2 aromatic rings. The highest BCUT2D eigenvalue weighted by Crippen LogP contribution is 2.46. The third kappa shape index (κ3) is 3.07. The number of nitrogens with two attached hydrogens (primary N) is 2. The predicted octanol–water partition coefficient (Wildman–Crippen LogP) is 3.62. The number of primary amides is 2. The van der Waals surface area contributed by atoms with E-state index >= 15 is 0 Å². The average molecular weight is 354 g/mol. The van der Waals surface area contributed by atoms with Crippen molar-refractivity contribution in [2.24, 2.45) is 11.5 Å². The first kappa shape index (κ1) is 18.0. The van der Waals surface area contributed by atoms with Gasteiger partial charge in [0.1, 0.15) is 5.82 Å². The van der Waals surface area contributed by atoms with E-state index in [1.807, 2.05) is 6.07 Å². The molecule has 6 N–H and O–H groups in total. The maximum absolute atomic E-state index is 11.7. The fourth-order valence-electron chi connectivity index (χ4n) is 3.78. The van der Waals surface area contributed by atoms with Crippen LogP contribution in [0.5, 0.6) is 0 Å². The zero-order valence-electron chi connectivity index (χ0n) is 15.7. The molecule has 6 nitrogen and oxygen atoms in total. The molecule has 138 valence electrons. The van der Waals surface area contributed by atoms with Gasteiger partial charge in [-0.3, -0.25) is 10.1 Å². The molecule has 0 aliphatic heterocycles. The van der Waals surface area contributed by atoms with Gasteiger partial charge in [0.05, 0.1) is 5.56 Å². The predicted molar refractivity (Wildman–Crippen MR) is 103 cm³/mol. The number of H-pyrrole nitrogens is 1. The third-order valence-electron chi connectivity index (χ3n) is 5.50. The zero-order chi connectivity index (χ0) is 19.3. The van der Waals surface area contributed by atoms with Crippen molar-refractivity contribution in [1.82, 2.24) is 4.98 Å². The molecule has 0 spiro atoms. The number of nitrogens with one attached hydrogen (secondary N) is 2. The summed E-state index contributed by atoms with van der Waals surface area (Å²) in [5.41, 5.74) is 15.3. The molecule has 1 aliphatic carbocycles. The van der Waals surface area contributed by atoms with Gasteiger partial charge in [0, 0.05) is 5.69 Å². The maximum atomic E-state index is 11.7. The van der Waals surface area contributed by atoms with Crippen LogP contribution in [0.1, 0.15) is 62.0 Å². The minimum atomic E-state index is -0.755. The molecule has 0 atom stereocenters. The van der Waals surface area contributed by atoms with Gasteiger partial charge in [-0.05, 0) is 52.5 Å². The van der Waals surface area contributed by atoms with Crippen molar-refractivity contribution in [1.29, 1.82) is 0 Å². The van der Waals surface area contributed by atoms with Crippen molar-refractivity contribution < 1.29 is 9.59 Å². The molecule has 0 saturated heterocycles. The molecule has 0 unspecified atom stereocenters. The second kappa shape index (κ2) is 5.90. The first-order chi connectivity index (χ1) is 12.0. The number of amides is 3. The van der Waals surface area contributed by atoms with E-state index < -0.39 is 11.9 Å². The highest BCUT2D eigenvalue weighted by atomic mass is 16.2. The summed E-state index contributed by atoms with van der Waals surface area (Å²) in [6.45, 7) is 9.06. The van der Waals surface area contributed by atoms with Gasteiger partial charge in [-0.25, -0.2) is 4.79 Å². The van der Waals surface area contributed by atoms with Crippen LogP contribution in [0, 0.1) is 0 Å². The number of aromatic nitrogens is 1. The Bertz CT molecular complexity index is 893. The summed E-state index contributed by atoms with van der Waals surface area (Å²) in [6, 6.07) is 7.26. The number of hydrogen-bond donors (Lipinski definition) is 4. The van der Waals surface area contributed by atoms with E-state index in [1.165, 1.54) is 11.1 Å². The molecular formula is C20H26N4O2. The third-order valence-corrected chi connectivity index (χ3v) is 5.50. The number of urea groups is 1. The van der Waals surface area contributed by atoms with E-state index in [2.05, 4.69) is 50.1 Å². The molecule has 0 bridgehead atoms. The van der Waals surface area contributed by atoms with Gasteiger partial charge in [-0.15, -0.1) is 0 Å². The molecule has 1 heterocycles. The second-order valence-corrected chi connectivity index (χ2v) is 8.35. The molecule has 0 radical (unpaired) electrons. The summed E-state index contributed by atoms with van der Waals surface area (Å²) < 4.78 is 0. The number of hydrogen-bond acceptors (Lipinski definition) is 2. The average Bonchev–Trinajstić information content (AvgIpc) is 2.95. The SMILES string of the molecule is CC1(C)CCC(C)(C)c2cc(-c3cc(C(N)=O)c(NC(N)=O)[nH]3)ccc21. The van der Waals surface area contributed by atoms with Crippen LogP contribution in [0.2, 0.25) is 0 Å². The van der Waals surface area contributed by atoms with Gasteiger partial charge in [0.25, 0.3) is 5.91 Å². The second-order valence-electron chi connectivity index (χ2n) is 8.35. The Morgan fingerprint density at radius 1 is 1.00 bits per heavy atom. The van der Waals surface area contributed by atoms with Crippen molar-refractivity contribution in [3.05, 3.63) is 41.0 Å². The molecule has 6 heteroatoms. The van der Waals surface area contributed by atoms with Crippen LogP contribution >= 0.6 is 0 Å². The van der Waals surface area contributed by atoms with Crippen LogP contribution in [-0.4, -0.2) is 16.9 Å². The quantitative estimate of drug-likeness (QED) is 0.674. The molecule has 1 aromatic heterocycles. The number of fused-ring (bicyclic) bond motifs is 1. The van der Waals surface area contributed by atoms with Crippen molar-refractivity contribution >= 4 is 17.8 Å². The van der Waals surface area contributed by atoms with Crippen molar-refractivity contribution in [3.8, 4) is 11.3 Å². The summed E-state index contributed by atoms with van der Waals surface area (Å²) in [7, 11) is 0. The number of anilines is 1. The standard InChI is InChI=1S/C20H26N4O2/c1-19(2)7-8-20(3,4)14-9-11(5-6-13(14)19)15-10-12(16(21)25)17(23-15)24-18(22)26/h5-6,9-10,23H,7-8H2,1-4H3,(H2,21,25)(H3,22,24,26). The number of carbonyl (C=O) groups is 2. The molecule has 3 rings (SSSR count). The number of aromatic amines is 1. The van der Waals surface area contributed by atoms with Crippen LogP contribution in [0.15, 0.2) is 24.3 Å². The first-order valence-electron chi connectivity index (χ1n) is 8.76. The largest absolute Gasteiger partial charge is 0.365 e. The van der Waals surface area contributed by atoms with Crippen LogP contribution in [-0.2, 0) is 10.8 Å². The Hall–Kier alpha value is -2.76. The van der Waals surface area contributed by atoms with Gasteiger partial charge < -0.3 is 16.5 Å². The Morgan fingerprint density at radius 2 is 1.62 bits per heavy atom. The van der Waals surface area contributed by atoms with Gasteiger partial charge >= 0.3 is 6.03 Å². The molecule has 3 amide bonds. The first-order valence-corrected chi connectivity index (χ1v) is 8.76. The van der Waals surface area contributed by atoms with Gasteiger partial charge in [0.2, 0.25) is 0 Å².